The van der Waals surface area contributed by atoms with E-state index < -0.39 is 5.63 Å². The minimum absolute atomic E-state index is 0.00844. The molecule has 0 unspecified atom stereocenters. The van der Waals surface area contributed by atoms with E-state index in [1.807, 2.05) is 6.92 Å². The Labute approximate surface area is 104 Å². The Morgan fingerprint density at radius 3 is 2.89 bits per heavy atom. The normalized spacial score (nSPS) is 11.0. The lowest BCUT2D eigenvalue weighted by Crippen LogP contribution is -2.18. The van der Waals surface area contributed by atoms with Crippen LogP contribution in [0.2, 0.25) is 0 Å². The van der Waals surface area contributed by atoms with Gasteiger partial charge in [-0.3, -0.25) is 0 Å². The van der Waals surface area contributed by atoms with Crippen LogP contribution >= 0.6 is 0 Å². The smallest absolute Gasteiger partial charge is 0.336 e. The first-order valence-corrected chi connectivity index (χ1v) is 5.70. The van der Waals surface area contributed by atoms with Crippen LogP contribution in [0.1, 0.15) is 11.1 Å². The molecule has 0 aliphatic heterocycles. The van der Waals surface area contributed by atoms with Crippen molar-refractivity contribution in [3.8, 4) is 5.75 Å². The highest BCUT2D eigenvalue weighted by Gasteiger charge is 2.11. The summed E-state index contributed by atoms with van der Waals surface area (Å²) in [6, 6.07) is 4.72. The van der Waals surface area contributed by atoms with E-state index in [0.717, 1.165) is 10.9 Å². The second kappa shape index (κ2) is 5.20. The van der Waals surface area contributed by atoms with Crippen LogP contribution in [0.25, 0.3) is 11.0 Å². The fourth-order valence-electron chi connectivity index (χ4n) is 1.89. The third-order valence-corrected chi connectivity index (χ3v) is 2.79. The number of rotatable bonds is 4. The highest BCUT2D eigenvalue weighted by Crippen LogP contribution is 2.27. The molecule has 0 saturated carbocycles. The van der Waals surface area contributed by atoms with Crippen molar-refractivity contribution in [3.05, 3.63) is 39.7 Å². The van der Waals surface area contributed by atoms with Crippen molar-refractivity contribution in [1.82, 2.24) is 5.32 Å². The largest absolute Gasteiger partial charge is 0.507 e. The standard InChI is InChI=1S/C13H15NO4/c1-8-6-12(17)18-13-9(8)2-3-11(16)10(13)7-14-4-5-15/h2-3,6,14-16H,4-5,7H2,1H3. The molecular formula is C13H15NO4. The maximum absolute atomic E-state index is 11.4. The Morgan fingerprint density at radius 1 is 1.39 bits per heavy atom. The van der Waals surface area contributed by atoms with E-state index in [-0.39, 0.29) is 12.4 Å². The molecule has 0 aliphatic rings. The fraction of sp³-hybridized carbons (Fsp3) is 0.308. The van der Waals surface area contributed by atoms with Gasteiger partial charge in [0.15, 0.2) is 0 Å². The number of hydrogen-bond acceptors (Lipinski definition) is 5. The summed E-state index contributed by atoms with van der Waals surface area (Å²) in [7, 11) is 0. The van der Waals surface area contributed by atoms with Gasteiger partial charge in [-0.15, -0.1) is 0 Å². The van der Waals surface area contributed by atoms with Crippen LogP contribution in [-0.2, 0) is 6.54 Å². The van der Waals surface area contributed by atoms with E-state index in [0.29, 0.717) is 24.2 Å². The summed E-state index contributed by atoms with van der Waals surface area (Å²) >= 11 is 0. The Bertz CT molecular complexity index is 618. The summed E-state index contributed by atoms with van der Waals surface area (Å²) in [5, 5.41) is 22.3. The maximum Gasteiger partial charge on any atom is 0.336 e. The molecule has 3 N–H and O–H groups in total. The van der Waals surface area contributed by atoms with Crippen molar-refractivity contribution in [3.63, 3.8) is 0 Å². The molecule has 0 atom stereocenters. The number of fused-ring (bicyclic) bond motifs is 1. The molecular weight excluding hydrogens is 234 g/mol. The van der Waals surface area contributed by atoms with Crippen LogP contribution in [0.4, 0.5) is 0 Å². The quantitative estimate of drug-likeness (QED) is 0.553. The number of aliphatic hydroxyl groups is 1. The third kappa shape index (κ3) is 2.37. The van der Waals surface area contributed by atoms with Gasteiger partial charge in [0.2, 0.25) is 0 Å². The lowest BCUT2D eigenvalue weighted by atomic mass is 10.1. The first kappa shape index (κ1) is 12.6. The number of phenolic OH excluding ortho intramolecular Hbond substituents is 1. The molecule has 0 spiro atoms. The van der Waals surface area contributed by atoms with Crippen LogP contribution < -0.4 is 10.9 Å². The van der Waals surface area contributed by atoms with Gasteiger partial charge in [-0.1, -0.05) is 0 Å². The molecule has 1 heterocycles. The lowest BCUT2D eigenvalue weighted by Gasteiger charge is -2.09. The van der Waals surface area contributed by atoms with Crippen molar-refractivity contribution in [2.24, 2.45) is 0 Å². The highest BCUT2D eigenvalue weighted by molar-refractivity contribution is 5.84. The van der Waals surface area contributed by atoms with Gasteiger partial charge in [0.05, 0.1) is 12.2 Å². The number of aliphatic hydroxyl groups excluding tert-OH is 1. The van der Waals surface area contributed by atoms with E-state index in [1.54, 1.807) is 12.1 Å². The third-order valence-electron chi connectivity index (χ3n) is 2.79. The Balaban J connectivity index is 2.55. The number of hydrogen-bond donors (Lipinski definition) is 3. The van der Waals surface area contributed by atoms with Gasteiger partial charge in [-0.05, 0) is 24.6 Å². The van der Waals surface area contributed by atoms with Crippen LogP contribution in [-0.4, -0.2) is 23.4 Å². The summed E-state index contributed by atoms with van der Waals surface area (Å²) < 4.78 is 5.17. The second-order valence-electron chi connectivity index (χ2n) is 4.09. The fourth-order valence-corrected chi connectivity index (χ4v) is 1.89. The minimum Gasteiger partial charge on any atom is -0.507 e. The molecule has 96 valence electrons. The van der Waals surface area contributed by atoms with Crippen molar-refractivity contribution >= 4 is 11.0 Å². The molecule has 0 radical (unpaired) electrons. The van der Waals surface area contributed by atoms with Gasteiger partial charge in [0, 0.05) is 24.5 Å². The van der Waals surface area contributed by atoms with E-state index in [2.05, 4.69) is 5.32 Å². The number of aryl methyl sites for hydroxylation is 1. The zero-order valence-electron chi connectivity index (χ0n) is 10.1. The zero-order valence-corrected chi connectivity index (χ0v) is 10.1. The summed E-state index contributed by atoms with van der Waals surface area (Å²) in [5.74, 6) is 0.0710. The number of phenols is 1. The lowest BCUT2D eigenvalue weighted by molar-refractivity contribution is 0.291. The molecule has 0 bridgehead atoms. The van der Waals surface area contributed by atoms with Gasteiger partial charge in [0.25, 0.3) is 0 Å². The van der Waals surface area contributed by atoms with Crippen LogP contribution in [0.5, 0.6) is 5.75 Å². The molecule has 1 aromatic carbocycles. The molecule has 2 rings (SSSR count). The molecule has 1 aromatic heterocycles. The van der Waals surface area contributed by atoms with Crippen LogP contribution in [0.3, 0.4) is 0 Å². The second-order valence-corrected chi connectivity index (χ2v) is 4.09. The van der Waals surface area contributed by atoms with Crippen LogP contribution in [0.15, 0.2) is 27.4 Å². The van der Waals surface area contributed by atoms with Crippen molar-refractivity contribution in [1.29, 1.82) is 0 Å². The molecule has 5 nitrogen and oxygen atoms in total. The molecule has 0 saturated heterocycles. The summed E-state index contributed by atoms with van der Waals surface area (Å²) in [5.41, 5.74) is 1.30. The number of benzene rings is 1. The van der Waals surface area contributed by atoms with E-state index in [1.165, 1.54) is 6.07 Å². The van der Waals surface area contributed by atoms with Gasteiger partial charge in [-0.25, -0.2) is 4.79 Å². The van der Waals surface area contributed by atoms with E-state index in [4.69, 9.17) is 9.52 Å². The zero-order chi connectivity index (χ0) is 13.1. The average molecular weight is 249 g/mol. The van der Waals surface area contributed by atoms with E-state index in [9.17, 15) is 9.90 Å². The molecule has 5 heteroatoms. The predicted octanol–water partition coefficient (Wildman–Crippen LogP) is 0.889. The number of aromatic hydroxyl groups is 1. The monoisotopic (exact) mass is 249 g/mol. The first-order chi connectivity index (χ1) is 8.63. The average Bonchev–Trinajstić information content (AvgIpc) is 2.32. The van der Waals surface area contributed by atoms with Gasteiger partial charge in [-0.2, -0.15) is 0 Å². The highest BCUT2D eigenvalue weighted by atomic mass is 16.4. The predicted molar refractivity (Wildman–Crippen MR) is 67.7 cm³/mol. The molecule has 0 aliphatic carbocycles. The maximum atomic E-state index is 11.4. The topological polar surface area (TPSA) is 82.7 Å². The molecule has 18 heavy (non-hydrogen) atoms. The van der Waals surface area contributed by atoms with Crippen molar-refractivity contribution < 1.29 is 14.6 Å². The van der Waals surface area contributed by atoms with Gasteiger partial charge < -0.3 is 19.9 Å². The summed E-state index contributed by atoms with van der Waals surface area (Å²) in [6.45, 7) is 2.57. The molecule has 2 aromatic rings. The van der Waals surface area contributed by atoms with Gasteiger partial charge >= 0.3 is 5.63 Å². The SMILES string of the molecule is Cc1cc(=O)oc2c(CNCCO)c(O)ccc12. The first-order valence-electron chi connectivity index (χ1n) is 5.70. The van der Waals surface area contributed by atoms with Crippen molar-refractivity contribution in [2.75, 3.05) is 13.2 Å². The van der Waals surface area contributed by atoms with Gasteiger partial charge in [0.1, 0.15) is 11.3 Å². The molecule has 0 amide bonds. The van der Waals surface area contributed by atoms with Crippen molar-refractivity contribution in [2.45, 2.75) is 13.5 Å². The van der Waals surface area contributed by atoms with E-state index >= 15 is 0 Å². The summed E-state index contributed by atoms with van der Waals surface area (Å²) in [4.78, 5) is 11.4. The number of nitrogens with one attached hydrogen (secondary N) is 1. The minimum atomic E-state index is -0.436. The van der Waals surface area contributed by atoms with Crippen LogP contribution in [0, 0.1) is 6.92 Å². The Hall–Kier alpha value is -1.85. The Kier molecular flexibility index (Phi) is 3.64. The Morgan fingerprint density at radius 2 is 2.17 bits per heavy atom. The summed E-state index contributed by atoms with van der Waals surface area (Å²) in [6.07, 6.45) is 0. The molecule has 0 fully saturated rings.